The van der Waals surface area contributed by atoms with Gasteiger partial charge in [-0.25, -0.2) is 0 Å². The van der Waals surface area contributed by atoms with Gasteiger partial charge in [0.2, 0.25) is 5.56 Å². The van der Waals surface area contributed by atoms with Gasteiger partial charge in [-0.2, -0.15) is 0 Å². The van der Waals surface area contributed by atoms with Crippen molar-refractivity contribution in [2.75, 3.05) is 0 Å². The fourth-order valence-corrected chi connectivity index (χ4v) is 1.04. The maximum Gasteiger partial charge on any atom is 0.248 e. The molecule has 0 spiro atoms. The number of nitrogens with one attached hydrogen (secondary N) is 2. The highest BCUT2D eigenvalue weighted by Crippen LogP contribution is 1.95. The van der Waals surface area contributed by atoms with Gasteiger partial charge in [0.05, 0.1) is 0 Å². The van der Waals surface area contributed by atoms with E-state index in [2.05, 4.69) is 24.1 Å². The van der Waals surface area contributed by atoms with E-state index in [1.807, 2.05) is 6.07 Å². The van der Waals surface area contributed by atoms with E-state index >= 15 is 0 Å². The average Bonchev–Trinajstić information content (AvgIpc) is 2.14. The highest BCUT2D eigenvalue weighted by Gasteiger charge is 1.97. The molecule has 0 saturated carbocycles. The largest absolute Gasteiger partial charge is 0.329 e. The second kappa shape index (κ2) is 4.82. The first-order valence-electron chi connectivity index (χ1n) is 4.63. The van der Waals surface area contributed by atoms with Crippen LogP contribution in [0.5, 0.6) is 0 Å². The van der Waals surface area contributed by atoms with Crippen LogP contribution in [0, 0.1) is 0 Å². The Bertz CT molecular complexity index is 306. The van der Waals surface area contributed by atoms with Crippen LogP contribution in [0.4, 0.5) is 0 Å². The second-order valence-corrected chi connectivity index (χ2v) is 3.25. The third kappa shape index (κ3) is 3.42. The number of hydrogen-bond donors (Lipinski definition) is 2. The summed E-state index contributed by atoms with van der Waals surface area (Å²) >= 11 is 0. The molecule has 0 aliphatic rings. The molecule has 2 N–H and O–H groups in total. The number of pyridine rings is 1. The highest BCUT2D eigenvalue weighted by atomic mass is 16.1. The summed E-state index contributed by atoms with van der Waals surface area (Å²) in [6.45, 7) is 5.03. The minimum absolute atomic E-state index is 0.0385. The van der Waals surface area contributed by atoms with Crippen LogP contribution < -0.4 is 10.9 Å². The van der Waals surface area contributed by atoms with Gasteiger partial charge in [-0.3, -0.25) is 4.79 Å². The second-order valence-electron chi connectivity index (χ2n) is 3.25. The van der Waals surface area contributed by atoms with E-state index in [1.165, 1.54) is 0 Å². The Hall–Kier alpha value is -1.09. The van der Waals surface area contributed by atoms with E-state index in [0.29, 0.717) is 6.04 Å². The molecule has 3 nitrogen and oxygen atoms in total. The zero-order valence-corrected chi connectivity index (χ0v) is 8.13. The molecule has 0 saturated heterocycles. The Morgan fingerprint density at radius 1 is 1.62 bits per heavy atom. The first kappa shape index (κ1) is 9.99. The molecule has 0 bridgehead atoms. The molecule has 0 amide bonds. The molecule has 3 heteroatoms. The van der Waals surface area contributed by atoms with Crippen molar-refractivity contribution in [3.8, 4) is 0 Å². The zero-order chi connectivity index (χ0) is 9.68. The Labute approximate surface area is 78.2 Å². The Kier molecular flexibility index (Phi) is 3.71. The lowest BCUT2D eigenvalue weighted by Crippen LogP contribution is -2.25. The molecule has 1 heterocycles. The van der Waals surface area contributed by atoms with Crippen molar-refractivity contribution < 1.29 is 0 Å². The zero-order valence-electron chi connectivity index (χ0n) is 8.13. The number of aromatic amines is 1. The smallest absolute Gasteiger partial charge is 0.248 e. The molecular weight excluding hydrogens is 164 g/mol. The Balaban J connectivity index is 2.50. The maximum atomic E-state index is 10.9. The molecule has 72 valence electrons. The molecule has 0 aliphatic heterocycles. The maximum absolute atomic E-state index is 10.9. The first-order chi connectivity index (χ1) is 6.22. The molecule has 0 fully saturated rings. The molecule has 0 aromatic carbocycles. The molecule has 13 heavy (non-hydrogen) atoms. The number of hydrogen-bond acceptors (Lipinski definition) is 2. The third-order valence-corrected chi connectivity index (χ3v) is 2.11. The van der Waals surface area contributed by atoms with Crippen LogP contribution in [-0.2, 0) is 6.54 Å². The van der Waals surface area contributed by atoms with Crippen LogP contribution in [0.1, 0.15) is 25.8 Å². The highest BCUT2D eigenvalue weighted by molar-refractivity contribution is 5.09. The van der Waals surface area contributed by atoms with Gasteiger partial charge in [0.25, 0.3) is 0 Å². The molecule has 1 aromatic rings. The number of rotatable bonds is 4. The van der Waals surface area contributed by atoms with Gasteiger partial charge < -0.3 is 10.3 Å². The summed E-state index contributed by atoms with van der Waals surface area (Å²) in [5.41, 5.74) is 0.993. The van der Waals surface area contributed by atoms with E-state index in [1.54, 1.807) is 12.3 Å². The van der Waals surface area contributed by atoms with E-state index in [-0.39, 0.29) is 5.56 Å². The molecule has 0 radical (unpaired) electrons. The van der Waals surface area contributed by atoms with Crippen molar-refractivity contribution in [3.05, 3.63) is 34.2 Å². The summed E-state index contributed by atoms with van der Waals surface area (Å²) in [7, 11) is 0. The lowest BCUT2D eigenvalue weighted by Gasteiger charge is -2.10. The van der Waals surface area contributed by atoms with E-state index in [0.717, 1.165) is 18.5 Å². The molecule has 1 atom stereocenters. The molecule has 1 aromatic heterocycles. The van der Waals surface area contributed by atoms with Crippen molar-refractivity contribution >= 4 is 0 Å². The van der Waals surface area contributed by atoms with Crippen LogP contribution in [0.2, 0.25) is 0 Å². The van der Waals surface area contributed by atoms with Crippen molar-refractivity contribution in [2.24, 2.45) is 0 Å². The van der Waals surface area contributed by atoms with Crippen LogP contribution in [0.3, 0.4) is 0 Å². The van der Waals surface area contributed by atoms with E-state index in [9.17, 15) is 4.79 Å². The fourth-order valence-electron chi connectivity index (χ4n) is 1.04. The van der Waals surface area contributed by atoms with Gasteiger partial charge in [-0.1, -0.05) is 6.92 Å². The van der Waals surface area contributed by atoms with Gasteiger partial charge in [-0.05, 0) is 25.0 Å². The quantitative estimate of drug-likeness (QED) is 0.732. The molecule has 0 aliphatic carbocycles. The van der Waals surface area contributed by atoms with Gasteiger partial charge >= 0.3 is 0 Å². The van der Waals surface area contributed by atoms with Crippen molar-refractivity contribution in [1.29, 1.82) is 0 Å². The van der Waals surface area contributed by atoms with E-state index < -0.39 is 0 Å². The SMILES string of the molecule is CCC(C)NCc1cc[nH]c(=O)c1. The summed E-state index contributed by atoms with van der Waals surface area (Å²) in [4.78, 5) is 13.5. The summed E-state index contributed by atoms with van der Waals surface area (Å²) in [6, 6.07) is 4.03. The topological polar surface area (TPSA) is 44.9 Å². The van der Waals surface area contributed by atoms with Gasteiger partial charge in [0.1, 0.15) is 0 Å². The monoisotopic (exact) mass is 180 g/mol. The Morgan fingerprint density at radius 2 is 2.38 bits per heavy atom. The van der Waals surface area contributed by atoms with Crippen LogP contribution in [0.25, 0.3) is 0 Å². The normalized spacial score (nSPS) is 12.8. The van der Waals surface area contributed by atoms with Crippen molar-refractivity contribution in [1.82, 2.24) is 10.3 Å². The van der Waals surface area contributed by atoms with Crippen molar-refractivity contribution in [2.45, 2.75) is 32.9 Å². The predicted molar refractivity (Wildman–Crippen MR) is 53.7 cm³/mol. The number of H-pyrrole nitrogens is 1. The Morgan fingerprint density at radius 3 is 3.00 bits per heavy atom. The van der Waals surface area contributed by atoms with Crippen LogP contribution in [-0.4, -0.2) is 11.0 Å². The summed E-state index contributed by atoms with van der Waals surface area (Å²) in [5.74, 6) is 0. The first-order valence-corrected chi connectivity index (χ1v) is 4.63. The lowest BCUT2D eigenvalue weighted by atomic mass is 10.2. The minimum atomic E-state index is -0.0385. The standard InChI is InChI=1S/C10H16N2O/c1-3-8(2)12-7-9-4-5-11-10(13)6-9/h4-6,8,12H,3,7H2,1-2H3,(H,11,13). The fraction of sp³-hybridized carbons (Fsp3) is 0.500. The molecule has 1 rings (SSSR count). The summed E-state index contributed by atoms with van der Waals surface area (Å²) < 4.78 is 0. The van der Waals surface area contributed by atoms with Gasteiger partial charge in [-0.15, -0.1) is 0 Å². The van der Waals surface area contributed by atoms with Gasteiger partial charge in [0.15, 0.2) is 0 Å². The number of aromatic nitrogens is 1. The lowest BCUT2D eigenvalue weighted by molar-refractivity contribution is 0.534. The third-order valence-electron chi connectivity index (χ3n) is 2.11. The molecular formula is C10H16N2O. The van der Waals surface area contributed by atoms with Crippen LogP contribution in [0.15, 0.2) is 23.1 Å². The molecule has 1 unspecified atom stereocenters. The average molecular weight is 180 g/mol. The minimum Gasteiger partial charge on any atom is -0.329 e. The van der Waals surface area contributed by atoms with Gasteiger partial charge in [0, 0.05) is 24.8 Å². The van der Waals surface area contributed by atoms with Crippen molar-refractivity contribution in [3.63, 3.8) is 0 Å². The predicted octanol–water partition coefficient (Wildman–Crippen LogP) is 1.26. The van der Waals surface area contributed by atoms with Crippen LogP contribution >= 0.6 is 0 Å². The summed E-state index contributed by atoms with van der Waals surface area (Å²) in [6.07, 6.45) is 2.78. The summed E-state index contributed by atoms with van der Waals surface area (Å²) in [5, 5.41) is 3.32. The van der Waals surface area contributed by atoms with E-state index in [4.69, 9.17) is 0 Å².